The van der Waals surface area contributed by atoms with Gasteiger partial charge >= 0.3 is 17.9 Å². The van der Waals surface area contributed by atoms with Crippen LogP contribution in [0.1, 0.15) is 31.1 Å². The number of nitrogens with two attached hydrogens (primary N) is 3. The molecule has 0 atom stereocenters. The first kappa shape index (κ1) is 27.3. The second kappa shape index (κ2) is 13.5. The van der Waals surface area contributed by atoms with Crippen molar-refractivity contribution in [2.24, 2.45) is 0 Å². The van der Waals surface area contributed by atoms with Crippen molar-refractivity contribution in [3.8, 4) is 0 Å². The summed E-state index contributed by atoms with van der Waals surface area (Å²) in [6, 6.07) is 18.2. The van der Waals surface area contributed by atoms with Crippen LogP contribution in [0.25, 0.3) is 0 Å². The van der Waals surface area contributed by atoms with Gasteiger partial charge in [0.15, 0.2) is 0 Å². The summed E-state index contributed by atoms with van der Waals surface area (Å²) < 4.78 is 0. The standard InChI is InChI=1S/3C7H7NO2.Sc/c3*8-6-3-1-5(2-4-6)7(9)10;/h3*1-4H,8H2,(H,9,10);. The topological polar surface area (TPSA) is 190 Å². The molecule has 159 valence electrons. The first-order chi connectivity index (χ1) is 14.1. The van der Waals surface area contributed by atoms with Gasteiger partial charge in [-0.3, -0.25) is 0 Å². The van der Waals surface area contributed by atoms with Crippen molar-refractivity contribution >= 4 is 35.0 Å². The van der Waals surface area contributed by atoms with Crippen molar-refractivity contribution in [2.75, 3.05) is 17.2 Å². The first-order valence-corrected chi connectivity index (χ1v) is 8.36. The Kier molecular flexibility index (Phi) is 11.9. The van der Waals surface area contributed by atoms with Gasteiger partial charge in [-0.2, -0.15) is 0 Å². The number of nitrogen functional groups attached to an aromatic ring is 3. The predicted octanol–water partition coefficient (Wildman–Crippen LogP) is 2.90. The third kappa shape index (κ3) is 10.6. The van der Waals surface area contributed by atoms with Crippen LogP contribution in [0.15, 0.2) is 72.8 Å². The molecule has 0 aliphatic heterocycles. The molecule has 0 bridgehead atoms. The van der Waals surface area contributed by atoms with Crippen molar-refractivity contribution in [3.63, 3.8) is 0 Å². The van der Waals surface area contributed by atoms with Crippen molar-refractivity contribution in [3.05, 3.63) is 89.5 Å². The summed E-state index contributed by atoms with van der Waals surface area (Å²) >= 11 is 0. The SMILES string of the molecule is Nc1ccc(C(=O)O)cc1.Nc1ccc(C(=O)O)cc1.Nc1ccc(C(=O)O)cc1.[Sc]. The quantitative estimate of drug-likeness (QED) is 0.322. The van der Waals surface area contributed by atoms with Crippen LogP contribution >= 0.6 is 0 Å². The fourth-order valence-electron chi connectivity index (χ4n) is 1.88. The minimum atomic E-state index is -0.931. The van der Waals surface area contributed by atoms with E-state index < -0.39 is 17.9 Å². The van der Waals surface area contributed by atoms with Crippen LogP contribution in [0, 0.1) is 0 Å². The second-order valence-electron chi connectivity index (χ2n) is 5.78. The van der Waals surface area contributed by atoms with E-state index in [9.17, 15) is 14.4 Å². The molecule has 3 aromatic rings. The first-order valence-electron chi connectivity index (χ1n) is 8.36. The molecule has 3 aromatic carbocycles. The zero-order valence-electron chi connectivity index (χ0n) is 16.3. The van der Waals surface area contributed by atoms with Gasteiger partial charge in [-0.05, 0) is 72.8 Å². The van der Waals surface area contributed by atoms with Crippen LogP contribution in [-0.4, -0.2) is 33.2 Å². The molecule has 0 heterocycles. The normalized spacial score (nSPS) is 8.90. The molecule has 9 N–H and O–H groups in total. The monoisotopic (exact) mass is 456 g/mol. The molecule has 1 radical (unpaired) electrons. The van der Waals surface area contributed by atoms with E-state index in [0.29, 0.717) is 17.1 Å². The fraction of sp³-hybridized carbons (Fsp3) is 0. The van der Waals surface area contributed by atoms with Gasteiger partial charge in [0, 0.05) is 42.9 Å². The molecule has 31 heavy (non-hydrogen) atoms. The maximum Gasteiger partial charge on any atom is 0.335 e. The number of aromatic carboxylic acids is 3. The molecular weight excluding hydrogens is 435 g/mol. The fourth-order valence-corrected chi connectivity index (χ4v) is 1.88. The Labute approximate surface area is 196 Å². The van der Waals surface area contributed by atoms with Crippen molar-refractivity contribution < 1.29 is 55.5 Å². The molecule has 0 aliphatic carbocycles. The van der Waals surface area contributed by atoms with Gasteiger partial charge in [0.05, 0.1) is 16.7 Å². The predicted molar refractivity (Wildman–Crippen MR) is 113 cm³/mol. The number of anilines is 3. The van der Waals surface area contributed by atoms with Crippen molar-refractivity contribution in [1.29, 1.82) is 0 Å². The van der Waals surface area contributed by atoms with Gasteiger partial charge in [0.1, 0.15) is 0 Å². The Morgan fingerprint density at radius 3 is 0.742 bits per heavy atom. The molecule has 0 spiro atoms. The zero-order valence-corrected chi connectivity index (χ0v) is 18.1. The van der Waals surface area contributed by atoms with Crippen LogP contribution in [0.4, 0.5) is 17.1 Å². The Bertz CT molecular complexity index is 859. The Morgan fingerprint density at radius 2 is 0.613 bits per heavy atom. The average Bonchev–Trinajstić information content (AvgIpc) is 2.70. The van der Waals surface area contributed by atoms with E-state index >= 15 is 0 Å². The summed E-state index contributed by atoms with van der Waals surface area (Å²) in [5.41, 5.74) is 18.5. The Hall–Kier alpha value is -3.66. The second-order valence-corrected chi connectivity index (χ2v) is 5.78. The van der Waals surface area contributed by atoms with E-state index in [1.165, 1.54) is 36.4 Å². The summed E-state index contributed by atoms with van der Waals surface area (Å²) in [5, 5.41) is 25.3. The maximum atomic E-state index is 10.3. The minimum absolute atomic E-state index is 0. The van der Waals surface area contributed by atoms with Crippen molar-refractivity contribution in [1.82, 2.24) is 0 Å². The number of rotatable bonds is 3. The van der Waals surface area contributed by atoms with E-state index in [0.717, 1.165) is 0 Å². The number of benzene rings is 3. The molecule has 0 aromatic heterocycles. The molecule has 10 heteroatoms. The van der Waals surface area contributed by atoms with Crippen LogP contribution in [-0.2, 0) is 25.8 Å². The molecule has 0 amide bonds. The maximum absolute atomic E-state index is 10.3. The largest absolute Gasteiger partial charge is 0.478 e. The Morgan fingerprint density at radius 1 is 0.452 bits per heavy atom. The molecule has 0 saturated heterocycles. The zero-order chi connectivity index (χ0) is 22.7. The minimum Gasteiger partial charge on any atom is -0.478 e. The third-order valence-electron chi connectivity index (χ3n) is 3.47. The molecule has 3 rings (SSSR count). The summed E-state index contributed by atoms with van der Waals surface area (Å²) in [7, 11) is 0. The van der Waals surface area contributed by atoms with E-state index in [2.05, 4.69) is 0 Å². The number of carbonyl (C=O) groups is 3. The number of hydrogen-bond acceptors (Lipinski definition) is 6. The van der Waals surface area contributed by atoms with Gasteiger partial charge < -0.3 is 32.5 Å². The van der Waals surface area contributed by atoms with Crippen LogP contribution in [0.3, 0.4) is 0 Å². The van der Waals surface area contributed by atoms with Crippen LogP contribution in [0.5, 0.6) is 0 Å². The van der Waals surface area contributed by atoms with Gasteiger partial charge in [-0.1, -0.05) is 0 Å². The summed E-state index contributed by atoms with van der Waals surface area (Å²) in [4.78, 5) is 30.8. The summed E-state index contributed by atoms with van der Waals surface area (Å²) in [5.74, 6) is -2.79. The summed E-state index contributed by atoms with van der Waals surface area (Å²) in [6.45, 7) is 0. The number of carboxylic acid groups (broad SMARTS) is 3. The van der Waals surface area contributed by atoms with Crippen LogP contribution in [0.2, 0.25) is 0 Å². The van der Waals surface area contributed by atoms with Gasteiger partial charge in [0.2, 0.25) is 0 Å². The average molecular weight is 456 g/mol. The van der Waals surface area contributed by atoms with E-state index in [4.69, 9.17) is 32.5 Å². The van der Waals surface area contributed by atoms with E-state index in [-0.39, 0.29) is 42.5 Å². The van der Waals surface area contributed by atoms with E-state index in [1.54, 1.807) is 36.4 Å². The van der Waals surface area contributed by atoms with Gasteiger partial charge in [-0.25, -0.2) is 14.4 Å². The van der Waals surface area contributed by atoms with Gasteiger partial charge in [-0.15, -0.1) is 0 Å². The van der Waals surface area contributed by atoms with E-state index in [1.807, 2.05) is 0 Å². The molecule has 0 saturated carbocycles. The summed E-state index contributed by atoms with van der Waals surface area (Å²) in [6.07, 6.45) is 0. The molecule has 0 aliphatic rings. The Balaban J connectivity index is 0.000000429. The molecule has 9 nitrogen and oxygen atoms in total. The molecule has 0 fully saturated rings. The van der Waals surface area contributed by atoms with Crippen molar-refractivity contribution in [2.45, 2.75) is 0 Å². The number of carboxylic acids is 3. The molecule has 0 unspecified atom stereocenters. The number of hydrogen-bond donors (Lipinski definition) is 6. The van der Waals surface area contributed by atoms with Crippen LogP contribution < -0.4 is 17.2 Å². The molecular formula is C21H21N3O6Sc. The van der Waals surface area contributed by atoms with Gasteiger partial charge in [0.25, 0.3) is 0 Å². The third-order valence-corrected chi connectivity index (χ3v) is 3.47. The smallest absolute Gasteiger partial charge is 0.335 e.